The van der Waals surface area contributed by atoms with E-state index in [0.717, 1.165) is 6.92 Å². The topological polar surface area (TPSA) is 144 Å². The fourth-order valence-electron chi connectivity index (χ4n) is 6.14. The van der Waals surface area contributed by atoms with Gasteiger partial charge in [0.1, 0.15) is 18.3 Å². The van der Waals surface area contributed by atoms with Gasteiger partial charge in [-0.05, 0) is 18.6 Å². The first-order chi connectivity index (χ1) is 15.8. The highest BCUT2D eigenvalue weighted by Gasteiger charge is 2.89. The molecule has 2 heterocycles. The highest BCUT2D eigenvalue weighted by molar-refractivity contribution is 6.01. The van der Waals surface area contributed by atoms with Crippen LogP contribution in [-0.2, 0) is 52.4 Å². The van der Waals surface area contributed by atoms with E-state index in [1.807, 2.05) is 0 Å². The van der Waals surface area contributed by atoms with E-state index in [0.29, 0.717) is 5.57 Å². The number of carbonyl (C=O) groups excluding carboxylic acids is 5. The van der Waals surface area contributed by atoms with Crippen LogP contribution in [0, 0.1) is 10.8 Å². The Morgan fingerprint density at radius 1 is 1.00 bits per heavy atom. The van der Waals surface area contributed by atoms with Crippen LogP contribution < -0.4 is 0 Å². The van der Waals surface area contributed by atoms with E-state index in [-0.39, 0.29) is 6.61 Å². The molecular formula is C23H28O11. The number of carbonyl (C=O) groups is 5. The number of rotatable bonds is 5. The maximum Gasteiger partial charge on any atom is 0.303 e. The minimum atomic E-state index is -1.55. The zero-order valence-corrected chi connectivity index (χ0v) is 19.9. The first-order valence-corrected chi connectivity index (χ1v) is 11.0. The Bertz CT molecular complexity index is 995. The molecule has 34 heavy (non-hydrogen) atoms. The molecule has 2 aliphatic carbocycles. The molecule has 1 saturated carbocycles. The van der Waals surface area contributed by atoms with E-state index in [1.165, 1.54) is 20.8 Å². The van der Waals surface area contributed by atoms with Crippen molar-refractivity contribution < 1.29 is 52.4 Å². The molecule has 11 nitrogen and oxygen atoms in total. The van der Waals surface area contributed by atoms with Gasteiger partial charge in [-0.1, -0.05) is 6.92 Å². The van der Waals surface area contributed by atoms with Crippen LogP contribution in [0.15, 0.2) is 11.6 Å². The van der Waals surface area contributed by atoms with Gasteiger partial charge in [-0.25, -0.2) is 0 Å². The average Bonchev–Trinajstić information content (AvgIpc) is 3.50. The predicted molar refractivity (Wildman–Crippen MR) is 110 cm³/mol. The molecule has 0 radical (unpaired) electrons. The van der Waals surface area contributed by atoms with Gasteiger partial charge in [-0.15, -0.1) is 0 Å². The number of fused-ring (bicyclic) bond motifs is 2. The molecule has 3 fully saturated rings. The smallest absolute Gasteiger partial charge is 0.303 e. The molecular weight excluding hydrogens is 452 g/mol. The molecule has 0 N–H and O–H groups in total. The lowest BCUT2D eigenvalue weighted by molar-refractivity contribution is -0.261. The summed E-state index contributed by atoms with van der Waals surface area (Å²) in [4.78, 5) is 61.7. The third-order valence-corrected chi connectivity index (χ3v) is 7.62. The summed E-state index contributed by atoms with van der Waals surface area (Å²) in [5.74, 6) is -3.17. The van der Waals surface area contributed by atoms with Crippen LogP contribution in [0.2, 0.25) is 0 Å². The Kier molecular flexibility index (Phi) is 5.64. The van der Waals surface area contributed by atoms with Crippen molar-refractivity contribution in [2.45, 2.75) is 77.7 Å². The van der Waals surface area contributed by atoms with E-state index < -0.39 is 83.2 Å². The van der Waals surface area contributed by atoms with Crippen LogP contribution in [0.5, 0.6) is 0 Å². The van der Waals surface area contributed by atoms with E-state index in [2.05, 4.69) is 0 Å². The number of esters is 4. The Morgan fingerprint density at radius 3 is 2.09 bits per heavy atom. The number of ketones is 1. The Hall–Kier alpha value is -2.79. The van der Waals surface area contributed by atoms with Gasteiger partial charge in [0.2, 0.25) is 0 Å². The average molecular weight is 480 g/mol. The Labute approximate surface area is 196 Å². The van der Waals surface area contributed by atoms with Gasteiger partial charge >= 0.3 is 23.9 Å². The Morgan fingerprint density at radius 2 is 1.59 bits per heavy atom. The summed E-state index contributed by atoms with van der Waals surface area (Å²) in [6.45, 7) is 7.79. The molecule has 0 aromatic carbocycles. The molecule has 2 bridgehead atoms. The lowest BCUT2D eigenvalue weighted by atomic mass is 9.50. The van der Waals surface area contributed by atoms with Gasteiger partial charge in [0.25, 0.3) is 0 Å². The lowest BCUT2D eigenvalue weighted by Gasteiger charge is -2.59. The highest BCUT2D eigenvalue weighted by Crippen LogP contribution is 2.72. The number of Topliss-reactive ketones (excluding diaryl/α,β-unsaturated/α-hetero) is 1. The zero-order chi connectivity index (χ0) is 25.2. The van der Waals surface area contributed by atoms with Crippen LogP contribution in [0.3, 0.4) is 0 Å². The van der Waals surface area contributed by atoms with E-state index in [4.69, 9.17) is 28.4 Å². The van der Waals surface area contributed by atoms with Gasteiger partial charge < -0.3 is 28.4 Å². The molecule has 8 atom stereocenters. The van der Waals surface area contributed by atoms with E-state index >= 15 is 0 Å². The van der Waals surface area contributed by atoms with Crippen LogP contribution in [0.25, 0.3) is 0 Å². The second-order valence-electron chi connectivity index (χ2n) is 9.49. The summed E-state index contributed by atoms with van der Waals surface area (Å²) in [6.07, 6.45) is -3.86. The fraction of sp³-hybridized carbons (Fsp3) is 0.696. The molecule has 2 saturated heterocycles. The molecule has 1 unspecified atom stereocenters. The summed E-state index contributed by atoms with van der Waals surface area (Å²) >= 11 is 0. The summed E-state index contributed by atoms with van der Waals surface area (Å²) in [6, 6.07) is 0. The molecule has 11 heteroatoms. The van der Waals surface area contributed by atoms with Crippen molar-refractivity contribution in [2.75, 3.05) is 13.2 Å². The maximum absolute atomic E-state index is 13.4. The number of hydrogen-bond acceptors (Lipinski definition) is 11. The van der Waals surface area contributed by atoms with Gasteiger partial charge in [-0.2, -0.15) is 0 Å². The standard InChI is InChI=1S/C23H28O11/c1-10-7-15-22(8-29-11(2)24,18(16(10)28)32-13(4)26)21(6)19(33-14(5)27)17(31-12(3)25)20(34-15)23(21)9-30-23/h7,15,17-20H,8-9H2,1-6H3/t15-,17-,18-,19-,20-,21-,22-,23?/m1/s1. The Balaban J connectivity index is 2.00. The summed E-state index contributed by atoms with van der Waals surface area (Å²) in [5, 5.41) is 0. The van der Waals surface area contributed by atoms with Gasteiger partial charge in [0.05, 0.1) is 23.5 Å². The molecule has 0 aromatic heterocycles. The third kappa shape index (κ3) is 3.13. The molecule has 4 rings (SSSR count). The van der Waals surface area contributed by atoms with Crippen LogP contribution in [0.1, 0.15) is 41.5 Å². The van der Waals surface area contributed by atoms with E-state index in [9.17, 15) is 24.0 Å². The largest absolute Gasteiger partial charge is 0.465 e. The number of ether oxygens (including phenoxy) is 6. The van der Waals surface area contributed by atoms with Crippen molar-refractivity contribution in [1.29, 1.82) is 0 Å². The highest BCUT2D eigenvalue weighted by atomic mass is 16.7. The minimum absolute atomic E-state index is 0.141. The van der Waals surface area contributed by atoms with E-state index in [1.54, 1.807) is 19.9 Å². The van der Waals surface area contributed by atoms with Crippen molar-refractivity contribution in [3.05, 3.63) is 11.6 Å². The lowest BCUT2D eigenvalue weighted by Crippen LogP contribution is -2.73. The second kappa shape index (κ2) is 7.88. The van der Waals surface area contributed by atoms with Crippen molar-refractivity contribution in [1.82, 2.24) is 0 Å². The maximum atomic E-state index is 13.4. The van der Waals surface area contributed by atoms with Gasteiger partial charge in [-0.3, -0.25) is 24.0 Å². The number of epoxide rings is 1. The van der Waals surface area contributed by atoms with Crippen molar-refractivity contribution in [3.8, 4) is 0 Å². The summed E-state index contributed by atoms with van der Waals surface area (Å²) < 4.78 is 34.7. The van der Waals surface area contributed by atoms with Crippen molar-refractivity contribution in [3.63, 3.8) is 0 Å². The fourth-order valence-corrected chi connectivity index (χ4v) is 6.14. The predicted octanol–water partition coefficient (Wildman–Crippen LogP) is 0.416. The SMILES string of the molecule is CC(=O)OC[C@]12[C@H](OC(C)=O)C(=O)C(C)=C[C@H]1O[C@@H]1[C@H](OC(C)=O)[C@@H](OC(C)=O)[C@@]2(C)C12CO2. The van der Waals surface area contributed by atoms with Crippen molar-refractivity contribution >= 4 is 29.7 Å². The first-order valence-electron chi connectivity index (χ1n) is 11.0. The number of hydrogen-bond donors (Lipinski definition) is 0. The minimum Gasteiger partial charge on any atom is -0.465 e. The molecule has 1 spiro atoms. The van der Waals surface area contributed by atoms with Crippen LogP contribution in [0.4, 0.5) is 0 Å². The van der Waals surface area contributed by atoms with Gasteiger partial charge in [0, 0.05) is 27.7 Å². The molecule has 4 aliphatic rings. The second-order valence-corrected chi connectivity index (χ2v) is 9.49. The quantitative estimate of drug-likeness (QED) is 0.307. The normalized spacial score (nSPS) is 41.8. The van der Waals surface area contributed by atoms with Crippen LogP contribution >= 0.6 is 0 Å². The molecule has 0 amide bonds. The third-order valence-electron chi connectivity index (χ3n) is 7.62. The van der Waals surface area contributed by atoms with Crippen LogP contribution in [-0.4, -0.2) is 79.0 Å². The van der Waals surface area contributed by atoms with Gasteiger partial charge in [0.15, 0.2) is 24.1 Å². The summed E-state index contributed by atoms with van der Waals surface area (Å²) in [7, 11) is 0. The monoisotopic (exact) mass is 480 g/mol. The molecule has 0 aromatic rings. The zero-order valence-electron chi connectivity index (χ0n) is 19.9. The molecule has 2 aliphatic heterocycles. The molecule has 186 valence electrons. The summed E-state index contributed by atoms with van der Waals surface area (Å²) in [5.41, 5.74) is -3.75. The first kappa shape index (κ1) is 24.3. The van der Waals surface area contributed by atoms with Crippen molar-refractivity contribution in [2.24, 2.45) is 10.8 Å².